The molecule has 1 unspecified atom stereocenters. The third-order valence-corrected chi connectivity index (χ3v) is 4.39. The lowest BCUT2D eigenvalue weighted by molar-refractivity contribution is -0.119. The Labute approximate surface area is 128 Å². The molecule has 2 aromatic carbocycles. The molecule has 0 bridgehead atoms. The number of anilines is 1. The van der Waals surface area contributed by atoms with Gasteiger partial charge in [0.2, 0.25) is 5.91 Å². The van der Waals surface area contributed by atoms with Gasteiger partial charge in [-0.05, 0) is 55.2 Å². The Balaban J connectivity index is 2.12. The van der Waals surface area contributed by atoms with E-state index in [0.29, 0.717) is 11.1 Å². The zero-order valence-electron chi connectivity index (χ0n) is 12.8. The SMILES string of the molecule is Cc1ccccc1C(O)c1cc(F)c2c(c1)C(C)(C)C(=O)N2. The number of carbonyl (C=O) groups is 1. The van der Waals surface area contributed by atoms with Crippen LogP contribution in [0.15, 0.2) is 36.4 Å². The second-order valence-electron chi connectivity index (χ2n) is 6.26. The van der Waals surface area contributed by atoms with Gasteiger partial charge in [-0.15, -0.1) is 0 Å². The molecule has 2 N–H and O–H groups in total. The maximum atomic E-state index is 14.3. The molecule has 0 aromatic heterocycles. The van der Waals surface area contributed by atoms with Gasteiger partial charge in [-0.2, -0.15) is 0 Å². The Morgan fingerprint density at radius 3 is 2.59 bits per heavy atom. The molecular formula is C18H18FNO2. The first-order chi connectivity index (χ1) is 10.3. The predicted molar refractivity (Wildman–Crippen MR) is 83.3 cm³/mol. The Hall–Kier alpha value is -2.20. The highest BCUT2D eigenvalue weighted by Crippen LogP contribution is 2.41. The standard InChI is InChI=1S/C18H18FNO2/c1-10-6-4-5-7-12(10)16(21)11-8-13-15(14(19)9-11)20-17(22)18(13,2)3/h4-9,16,21H,1-3H3,(H,20,22). The third kappa shape index (κ3) is 2.11. The first-order valence-electron chi connectivity index (χ1n) is 7.21. The number of fused-ring (bicyclic) bond motifs is 1. The maximum Gasteiger partial charge on any atom is 0.234 e. The molecule has 0 radical (unpaired) electrons. The van der Waals surface area contributed by atoms with Crippen LogP contribution >= 0.6 is 0 Å². The molecule has 0 spiro atoms. The molecule has 3 nitrogen and oxygen atoms in total. The molecule has 0 aliphatic carbocycles. The average Bonchev–Trinajstić information content (AvgIpc) is 2.70. The molecule has 22 heavy (non-hydrogen) atoms. The molecule has 114 valence electrons. The molecule has 1 heterocycles. The van der Waals surface area contributed by atoms with Crippen LogP contribution in [-0.4, -0.2) is 11.0 Å². The molecule has 1 aliphatic heterocycles. The van der Waals surface area contributed by atoms with E-state index in [2.05, 4.69) is 5.32 Å². The van der Waals surface area contributed by atoms with Crippen LogP contribution in [0.3, 0.4) is 0 Å². The van der Waals surface area contributed by atoms with Gasteiger partial charge in [0.25, 0.3) is 0 Å². The number of aliphatic hydroxyl groups is 1. The van der Waals surface area contributed by atoms with Crippen molar-refractivity contribution in [2.75, 3.05) is 5.32 Å². The van der Waals surface area contributed by atoms with Crippen LogP contribution in [0, 0.1) is 12.7 Å². The van der Waals surface area contributed by atoms with Crippen molar-refractivity contribution in [3.63, 3.8) is 0 Å². The van der Waals surface area contributed by atoms with Crippen LogP contribution in [0.1, 0.15) is 42.2 Å². The van der Waals surface area contributed by atoms with E-state index < -0.39 is 17.3 Å². The molecule has 0 fully saturated rings. The summed E-state index contributed by atoms with van der Waals surface area (Å²) in [4.78, 5) is 12.0. The number of hydrogen-bond acceptors (Lipinski definition) is 2. The zero-order chi connectivity index (χ0) is 16.1. The summed E-state index contributed by atoms with van der Waals surface area (Å²) >= 11 is 0. The number of nitrogens with one attached hydrogen (secondary N) is 1. The van der Waals surface area contributed by atoms with Crippen LogP contribution in [-0.2, 0) is 10.2 Å². The van der Waals surface area contributed by atoms with Crippen LogP contribution in [0.25, 0.3) is 0 Å². The van der Waals surface area contributed by atoms with Crippen molar-refractivity contribution in [2.45, 2.75) is 32.3 Å². The zero-order valence-corrected chi connectivity index (χ0v) is 12.8. The summed E-state index contributed by atoms with van der Waals surface area (Å²) in [6, 6.07) is 10.5. The maximum absolute atomic E-state index is 14.3. The highest BCUT2D eigenvalue weighted by Gasteiger charge is 2.40. The Kier molecular flexibility index (Phi) is 3.29. The highest BCUT2D eigenvalue weighted by atomic mass is 19.1. The molecule has 1 atom stereocenters. The number of carbonyl (C=O) groups excluding carboxylic acids is 1. The topological polar surface area (TPSA) is 49.3 Å². The van der Waals surface area contributed by atoms with E-state index in [4.69, 9.17) is 0 Å². The fourth-order valence-electron chi connectivity index (χ4n) is 2.87. The molecule has 4 heteroatoms. The lowest BCUT2D eigenvalue weighted by atomic mass is 9.84. The molecule has 2 aromatic rings. The van der Waals surface area contributed by atoms with Gasteiger partial charge >= 0.3 is 0 Å². The average molecular weight is 299 g/mol. The van der Waals surface area contributed by atoms with Crippen molar-refractivity contribution in [1.82, 2.24) is 0 Å². The minimum atomic E-state index is -0.924. The summed E-state index contributed by atoms with van der Waals surface area (Å²) in [6.45, 7) is 5.40. The van der Waals surface area contributed by atoms with E-state index in [-0.39, 0.29) is 11.6 Å². The van der Waals surface area contributed by atoms with Crippen LogP contribution in [0.2, 0.25) is 0 Å². The Morgan fingerprint density at radius 2 is 1.91 bits per heavy atom. The van der Waals surface area contributed by atoms with Gasteiger partial charge in [0.1, 0.15) is 11.9 Å². The smallest absolute Gasteiger partial charge is 0.234 e. The van der Waals surface area contributed by atoms with Gasteiger partial charge in [0, 0.05) is 0 Å². The van der Waals surface area contributed by atoms with Gasteiger partial charge in [0.15, 0.2) is 0 Å². The first-order valence-corrected chi connectivity index (χ1v) is 7.21. The number of rotatable bonds is 2. The van der Waals surface area contributed by atoms with Gasteiger partial charge in [0.05, 0.1) is 11.1 Å². The number of amides is 1. The largest absolute Gasteiger partial charge is 0.384 e. The quantitative estimate of drug-likeness (QED) is 0.892. The Morgan fingerprint density at radius 1 is 1.23 bits per heavy atom. The lowest BCUT2D eigenvalue weighted by Gasteiger charge is -2.19. The molecule has 0 saturated carbocycles. The Bertz CT molecular complexity index is 768. The monoisotopic (exact) mass is 299 g/mol. The number of benzene rings is 2. The molecule has 1 amide bonds. The van der Waals surface area contributed by atoms with E-state index in [1.165, 1.54) is 6.07 Å². The summed E-state index contributed by atoms with van der Waals surface area (Å²) in [6.07, 6.45) is -0.924. The highest BCUT2D eigenvalue weighted by molar-refractivity contribution is 6.05. The van der Waals surface area contributed by atoms with Gasteiger partial charge in [-0.3, -0.25) is 4.79 Å². The second kappa shape index (κ2) is 4.92. The summed E-state index contributed by atoms with van der Waals surface area (Å²) in [5.41, 5.74) is 2.12. The predicted octanol–water partition coefficient (Wildman–Crippen LogP) is 3.45. The van der Waals surface area contributed by atoms with Crippen molar-refractivity contribution in [1.29, 1.82) is 0 Å². The van der Waals surface area contributed by atoms with Crippen LogP contribution < -0.4 is 5.32 Å². The molecular weight excluding hydrogens is 281 g/mol. The van der Waals surface area contributed by atoms with Crippen molar-refractivity contribution in [3.8, 4) is 0 Å². The van der Waals surface area contributed by atoms with Crippen LogP contribution in [0.4, 0.5) is 10.1 Å². The lowest BCUT2D eigenvalue weighted by Crippen LogP contribution is -2.26. The summed E-state index contributed by atoms with van der Waals surface area (Å²) in [7, 11) is 0. The third-order valence-electron chi connectivity index (χ3n) is 4.39. The van der Waals surface area contributed by atoms with Crippen molar-refractivity contribution in [2.24, 2.45) is 0 Å². The number of aryl methyl sites for hydroxylation is 1. The fraction of sp³-hybridized carbons (Fsp3) is 0.278. The van der Waals surface area contributed by atoms with Gasteiger partial charge in [-0.1, -0.05) is 24.3 Å². The fourth-order valence-corrected chi connectivity index (χ4v) is 2.87. The van der Waals surface area contributed by atoms with E-state index in [0.717, 1.165) is 11.1 Å². The van der Waals surface area contributed by atoms with E-state index >= 15 is 0 Å². The van der Waals surface area contributed by atoms with E-state index in [9.17, 15) is 14.3 Å². The summed E-state index contributed by atoms with van der Waals surface area (Å²) in [5, 5.41) is 13.2. The number of hydrogen-bond donors (Lipinski definition) is 2. The molecule has 3 rings (SSSR count). The minimum Gasteiger partial charge on any atom is -0.384 e. The van der Waals surface area contributed by atoms with E-state index in [1.54, 1.807) is 19.9 Å². The first kappa shape index (κ1) is 14.7. The second-order valence-corrected chi connectivity index (χ2v) is 6.26. The van der Waals surface area contributed by atoms with Crippen molar-refractivity contribution >= 4 is 11.6 Å². The molecule has 0 saturated heterocycles. The van der Waals surface area contributed by atoms with Gasteiger partial charge < -0.3 is 10.4 Å². The van der Waals surface area contributed by atoms with E-state index in [1.807, 2.05) is 31.2 Å². The summed E-state index contributed by atoms with van der Waals surface area (Å²) < 4.78 is 14.3. The minimum absolute atomic E-state index is 0.218. The van der Waals surface area contributed by atoms with Gasteiger partial charge in [-0.25, -0.2) is 4.39 Å². The van der Waals surface area contributed by atoms with Crippen LogP contribution in [0.5, 0.6) is 0 Å². The van der Waals surface area contributed by atoms with Crippen molar-refractivity contribution < 1.29 is 14.3 Å². The number of halogens is 1. The van der Waals surface area contributed by atoms with Crippen molar-refractivity contribution in [3.05, 3.63) is 64.5 Å². The summed E-state index contributed by atoms with van der Waals surface area (Å²) in [5.74, 6) is -0.747. The normalized spacial score (nSPS) is 17.0. The number of aliphatic hydroxyl groups excluding tert-OH is 1. The molecule has 1 aliphatic rings.